The molecule has 7 nitrogen and oxygen atoms in total. The summed E-state index contributed by atoms with van der Waals surface area (Å²) in [5.74, 6) is -0.982. The van der Waals surface area contributed by atoms with Gasteiger partial charge in [0.25, 0.3) is 0 Å². The first-order valence-corrected chi connectivity index (χ1v) is 7.67. The molecule has 8 heteroatoms. The standard InChI is InChI=1S/C15H28N4O3.ClH/c1-9(17-5)13(21)18-11(15(2,3)4)14(22)19-8-6-7-10(19)12(16)20;/h9-11,17H,6-8H2,1-5H3,(H2,16,20)(H,18,21);1H. The van der Waals surface area contributed by atoms with E-state index in [4.69, 9.17) is 5.73 Å². The number of nitrogens with two attached hydrogens (primary N) is 1. The fraction of sp³-hybridized carbons (Fsp3) is 0.800. The predicted octanol–water partition coefficient (Wildman–Crippen LogP) is 0.0233. The number of hydrogen-bond donors (Lipinski definition) is 3. The van der Waals surface area contributed by atoms with Crippen LogP contribution in [0.3, 0.4) is 0 Å². The zero-order valence-corrected chi connectivity index (χ0v) is 15.3. The molecule has 1 rings (SSSR count). The van der Waals surface area contributed by atoms with Gasteiger partial charge >= 0.3 is 0 Å². The van der Waals surface area contributed by atoms with Gasteiger partial charge in [-0.2, -0.15) is 0 Å². The van der Waals surface area contributed by atoms with Crippen molar-refractivity contribution in [1.29, 1.82) is 0 Å². The highest BCUT2D eigenvalue weighted by atomic mass is 35.5. The van der Waals surface area contributed by atoms with Gasteiger partial charge in [0.1, 0.15) is 12.1 Å². The molecule has 3 amide bonds. The first kappa shape index (κ1) is 21.7. The molecule has 0 bridgehead atoms. The third-order valence-electron chi connectivity index (χ3n) is 4.09. The maximum atomic E-state index is 12.8. The summed E-state index contributed by atoms with van der Waals surface area (Å²) in [4.78, 5) is 38.0. The minimum atomic E-state index is -0.698. The largest absolute Gasteiger partial charge is 0.368 e. The van der Waals surface area contributed by atoms with Crippen LogP contribution in [0.1, 0.15) is 40.5 Å². The van der Waals surface area contributed by atoms with Crippen LogP contribution in [-0.2, 0) is 14.4 Å². The summed E-state index contributed by atoms with van der Waals surface area (Å²) in [7, 11) is 1.68. The summed E-state index contributed by atoms with van der Waals surface area (Å²) < 4.78 is 0. The van der Waals surface area contributed by atoms with Gasteiger partial charge < -0.3 is 21.3 Å². The monoisotopic (exact) mass is 348 g/mol. The summed E-state index contributed by atoms with van der Waals surface area (Å²) in [6.45, 7) is 7.87. The van der Waals surface area contributed by atoms with Crippen LogP contribution in [0, 0.1) is 5.41 Å². The van der Waals surface area contributed by atoms with E-state index >= 15 is 0 Å². The molecule has 1 heterocycles. The van der Waals surface area contributed by atoms with E-state index in [1.807, 2.05) is 20.8 Å². The van der Waals surface area contributed by atoms with E-state index in [0.29, 0.717) is 13.0 Å². The SMILES string of the molecule is CNC(C)C(=O)NC(C(=O)N1CCCC1C(N)=O)C(C)(C)C.Cl. The van der Waals surface area contributed by atoms with Crippen molar-refractivity contribution in [2.45, 2.75) is 58.7 Å². The van der Waals surface area contributed by atoms with Crippen molar-refractivity contribution in [3.63, 3.8) is 0 Å². The predicted molar refractivity (Wildman–Crippen MR) is 91.1 cm³/mol. The molecule has 1 fully saturated rings. The Kier molecular flexibility index (Phi) is 8.00. The topological polar surface area (TPSA) is 105 Å². The molecule has 1 saturated heterocycles. The molecule has 0 spiro atoms. The molecule has 0 saturated carbocycles. The average Bonchev–Trinajstić information content (AvgIpc) is 2.91. The molecule has 23 heavy (non-hydrogen) atoms. The van der Waals surface area contributed by atoms with Crippen molar-refractivity contribution in [2.24, 2.45) is 11.1 Å². The lowest BCUT2D eigenvalue weighted by Gasteiger charge is -2.35. The molecular weight excluding hydrogens is 320 g/mol. The molecule has 1 aliphatic heterocycles. The number of amides is 3. The lowest BCUT2D eigenvalue weighted by molar-refractivity contribution is -0.143. The number of rotatable bonds is 5. The fourth-order valence-electron chi connectivity index (χ4n) is 2.54. The molecule has 0 aromatic rings. The molecule has 3 unspecified atom stereocenters. The Morgan fingerprint density at radius 1 is 1.26 bits per heavy atom. The van der Waals surface area contributed by atoms with E-state index in [2.05, 4.69) is 10.6 Å². The number of primary amides is 1. The van der Waals surface area contributed by atoms with Crippen molar-refractivity contribution < 1.29 is 14.4 Å². The number of carbonyl (C=O) groups excluding carboxylic acids is 3. The summed E-state index contributed by atoms with van der Waals surface area (Å²) in [6.07, 6.45) is 1.33. The lowest BCUT2D eigenvalue weighted by Crippen LogP contribution is -2.59. The van der Waals surface area contributed by atoms with Crippen LogP contribution in [0.2, 0.25) is 0 Å². The molecular formula is C15H29ClN4O3. The number of halogens is 1. The van der Waals surface area contributed by atoms with Crippen LogP contribution in [0.4, 0.5) is 0 Å². The van der Waals surface area contributed by atoms with Crippen LogP contribution in [-0.4, -0.2) is 54.3 Å². The van der Waals surface area contributed by atoms with Crippen LogP contribution in [0.25, 0.3) is 0 Å². The first-order valence-electron chi connectivity index (χ1n) is 7.67. The smallest absolute Gasteiger partial charge is 0.246 e. The van der Waals surface area contributed by atoms with Crippen molar-refractivity contribution in [2.75, 3.05) is 13.6 Å². The van der Waals surface area contributed by atoms with E-state index < -0.39 is 29.4 Å². The minimum Gasteiger partial charge on any atom is -0.368 e. The zero-order chi connectivity index (χ0) is 17.1. The van der Waals surface area contributed by atoms with Gasteiger partial charge in [0.15, 0.2) is 0 Å². The fourth-order valence-corrected chi connectivity index (χ4v) is 2.54. The Morgan fingerprint density at radius 2 is 1.83 bits per heavy atom. The van der Waals surface area contributed by atoms with Gasteiger partial charge in [-0.25, -0.2) is 0 Å². The second-order valence-electron chi connectivity index (χ2n) is 6.91. The van der Waals surface area contributed by atoms with Gasteiger partial charge in [-0.1, -0.05) is 20.8 Å². The summed E-state index contributed by atoms with van der Waals surface area (Å²) in [6, 6.07) is -1.67. The molecule has 0 aliphatic carbocycles. The number of likely N-dealkylation sites (N-methyl/N-ethyl adjacent to an activating group) is 1. The van der Waals surface area contributed by atoms with Crippen LogP contribution >= 0.6 is 12.4 Å². The quantitative estimate of drug-likeness (QED) is 0.651. The maximum Gasteiger partial charge on any atom is 0.246 e. The van der Waals surface area contributed by atoms with Crippen LogP contribution in [0.15, 0.2) is 0 Å². The van der Waals surface area contributed by atoms with Crippen molar-refractivity contribution in [1.82, 2.24) is 15.5 Å². The van der Waals surface area contributed by atoms with E-state index in [1.54, 1.807) is 14.0 Å². The minimum absolute atomic E-state index is 0. The maximum absolute atomic E-state index is 12.8. The Hall–Kier alpha value is -1.34. The molecule has 1 aliphatic rings. The highest BCUT2D eigenvalue weighted by Crippen LogP contribution is 2.25. The average molecular weight is 349 g/mol. The lowest BCUT2D eigenvalue weighted by atomic mass is 9.85. The van der Waals surface area contributed by atoms with E-state index in [0.717, 1.165) is 6.42 Å². The van der Waals surface area contributed by atoms with E-state index in [-0.39, 0.29) is 24.2 Å². The zero-order valence-electron chi connectivity index (χ0n) is 14.5. The van der Waals surface area contributed by atoms with Gasteiger partial charge in [0.2, 0.25) is 17.7 Å². The van der Waals surface area contributed by atoms with Gasteiger partial charge in [-0.05, 0) is 32.2 Å². The highest BCUT2D eigenvalue weighted by Gasteiger charge is 2.41. The molecule has 4 N–H and O–H groups in total. The van der Waals surface area contributed by atoms with Crippen molar-refractivity contribution >= 4 is 30.1 Å². The summed E-state index contributed by atoms with van der Waals surface area (Å²) in [5, 5.41) is 5.64. The van der Waals surface area contributed by atoms with Gasteiger partial charge in [0, 0.05) is 6.54 Å². The van der Waals surface area contributed by atoms with Gasteiger partial charge in [-0.3, -0.25) is 14.4 Å². The number of carbonyl (C=O) groups is 3. The molecule has 0 aromatic heterocycles. The van der Waals surface area contributed by atoms with Crippen LogP contribution < -0.4 is 16.4 Å². The second-order valence-corrected chi connectivity index (χ2v) is 6.91. The third kappa shape index (κ3) is 5.35. The number of likely N-dealkylation sites (tertiary alicyclic amines) is 1. The molecule has 0 radical (unpaired) electrons. The second kappa shape index (κ2) is 8.49. The molecule has 134 valence electrons. The number of nitrogens with one attached hydrogen (secondary N) is 2. The Labute approximate surface area is 144 Å². The normalized spacial score (nSPS) is 20.4. The van der Waals surface area contributed by atoms with Gasteiger partial charge in [0.05, 0.1) is 6.04 Å². The molecule has 0 aromatic carbocycles. The molecule has 3 atom stereocenters. The van der Waals surface area contributed by atoms with E-state index in [9.17, 15) is 14.4 Å². The van der Waals surface area contributed by atoms with Gasteiger partial charge in [-0.15, -0.1) is 12.4 Å². The first-order chi connectivity index (χ1) is 10.1. The van der Waals surface area contributed by atoms with Crippen molar-refractivity contribution in [3.05, 3.63) is 0 Å². The summed E-state index contributed by atoms with van der Waals surface area (Å²) >= 11 is 0. The highest BCUT2D eigenvalue weighted by molar-refractivity contribution is 5.93. The summed E-state index contributed by atoms with van der Waals surface area (Å²) in [5.41, 5.74) is 4.91. The Bertz CT molecular complexity index is 450. The third-order valence-corrected chi connectivity index (χ3v) is 4.09. The van der Waals surface area contributed by atoms with Crippen molar-refractivity contribution in [3.8, 4) is 0 Å². The Balaban J connectivity index is 0.00000484. The van der Waals surface area contributed by atoms with Crippen LogP contribution in [0.5, 0.6) is 0 Å². The number of hydrogen-bond acceptors (Lipinski definition) is 4. The Morgan fingerprint density at radius 3 is 2.26 bits per heavy atom. The van der Waals surface area contributed by atoms with E-state index in [1.165, 1.54) is 4.90 Å². The number of nitrogens with zero attached hydrogens (tertiary/aromatic N) is 1.